The molecule has 2 aromatic rings. The first-order chi connectivity index (χ1) is 13.9. The largest absolute Gasteiger partial charge is 0.494 e. The smallest absolute Gasteiger partial charge is 0.254 e. The summed E-state index contributed by atoms with van der Waals surface area (Å²) in [5, 5.41) is 0. The lowest BCUT2D eigenvalue weighted by molar-refractivity contribution is 0.0783. The maximum absolute atomic E-state index is 13.9. The molecule has 0 saturated heterocycles. The van der Waals surface area contributed by atoms with Crippen LogP contribution < -0.4 is 18.9 Å². The van der Waals surface area contributed by atoms with Crippen LogP contribution in [0, 0.1) is 5.82 Å². The third-order valence-electron chi connectivity index (χ3n) is 4.14. The molecule has 0 bridgehead atoms. The van der Waals surface area contributed by atoms with Crippen LogP contribution in [0.5, 0.6) is 23.0 Å². The molecule has 0 aliphatic rings. The van der Waals surface area contributed by atoms with E-state index in [2.05, 4.69) is 0 Å². The molecular weight excluding hydrogens is 377 g/mol. The number of amides is 1. The van der Waals surface area contributed by atoms with Crippen LogP contribution in [0.3, 0.4) is 0 Å². The van der Waals surface area contributed by atoms with Gasteiger partial charge in [-0.05, 0) is 50.6 Å². The lowest BCUT2D eigenvalue weighted by atomic mass is 10.1. The van der Waals surface area contributed by atoms with Gasteiger partial charge < -0.3 is 23.8 Å². The van der Waals surface area contributed by atoms with Crippen LogP contribution in [0.2, 0.25) is 0 Å². The second-order valence-corrected chi connectivity index (χ2v) is 6.23. The van der Waals surface area contributed by atoms with Crippen LogP contribution in [0.15, 0.2) is 30.3 Å². The Labute approximate surface area is 171 Å². The van der Waals surface area contributed by atoms with Gasteiger partial charge in [0.2, 0.25) is 5.75 Å². The van der Waals surface area contributed by atoms with E-state index in [0.717, 1.165) is 0 Å². The molecule has 0 saturated carbocycles. The predicted molar refractivity (Wildman–Crippen MR) is 109 cm³/mol. The molecule has 29 heavy (non-hydrogen) atoms. The Bertz CT molecular complexity index is 813. The number of carbonyl (C=O) groups is 1. The molecule has 158 valence electrons. The van der Waals surface area contributed by atoms with Crippen LogP contribution in [-0.4, -0.2) is 44.8 Å². The molecule has 0 atom stereocenters. The van der Waals surface area contributed by atoms with Gasteiger partial charge in [-0.2, -0.15) is 0 Å². The minimum Gasteiger partial charge on any atom is -0.494 e. The molecule has 0 heterocycles. The minimum atomic E-state index is -0.468. The molecular formula is C22H28FNO5. The number of methoxy groups -OCH3 is 1. The summed E-state index contributed by atoms with van der Waals surface area (Å²) in [7, 11) is 3.06. The maximum atomic E-state index is 13.9. The Morgan fingerprint density at radius 1 is 0.931 bits per heavy atom. The summed E-state index contributed by atoms with van der Waals surface area (Å²) in [4.78, 5) is 14.5. The van der Waals surface area contributed by atoms with Crippen LogP contribution >= 0.6 is 0 Å². The second-order valence-electron chi connectivity index (χ2n) is 6.23. The van der Waals surface area contributed by atoms with Gasteiger partial charge in [0, 0.05) is 19.2 Å². The van der Waals surface area contributed by atoms with Gasteiger partial charge in [0.05, 0.1) is 26.9 Å². The average molecular weight is 405 g/mol. The zero-order chi connectivity index (χ0) is 21.4. The Morgan fingerprint density at radius 2 is 1.52 bits per heavy atom. The highest BCUT2D eigenvalue weighted by molar-refractivity contribution is 5.95. The van der Waals surface area contributed by atoms with E-state index in [1.165, 1.54) is 18.1 Å². The number of carbonyl (C=O) groups excluding carboxylic acids is 1. The number of hydrogen-bond acceptors (Lipinski definition) is 5. The first-order valence-corrected chi connectivity index (χ1v) is 9.59. The van der Waals surface area contributed by atoms with Crippen LogP contribution in [0.25, 0.3) is 0 Å². The number of nitrogens with zero attached hydrogens (tertiary/aromatic N) is 1. The molecule has 0 aliphatic heterocycles. The summed E-state index contributed by atoms with van der Waals surface area (Å²) in [6.45, 7) is 7.10. The highest BCUT2D eigenvalue weighted by Crippen LogP contribution is 2.39. The van der Waals surface area contributed by atoms with E-state index in [9.17, 15) is 9.18 Å². The first kappa shape index (κ1) is 22.3. The fraction of sp³-hybridized carbons (Fsp3) is 0.409. The topological polar surface area (TPSA) is 57.2 Å². The normalized spacial score (nSPS) is 10.4. The van der Waals surface area contributed by atoms with Crippen molar-refractivity contribution in [3.8, 4) is 23.0 Å². The van der Waals surface area contributed by atoms with E-state index < -0.39 is 5.82 Å². The molecule has 2 rings (SSSR count). The molecule has 0 aromatic heterocycles. The van der Waals surface area contributed by atoms with Crippen LogP contribution in [-0.2, 0) is 6.54 Å². The van der Waals surface area contributed by atoms with E-state index in [1.807, 2.05) is 20.8 Å². The minimum absolute atomic E-state index is 0.164. The van der Waals surface area contributed by atoms with Gasteiger partial charge in [-0.3, -0.25) is 4.79 Å². The highest BCUT2D eigenvalue weighted by Gasteiger charge is 2.20. The van der Waals surface area contributed by atoms with E-state index in [1.54, 1.807) is 31.3 Å². The Hall–Kier alpha value is -2.96. The van der Waals surface area contributed by atoms with Crippen molar-refractivity contribution in [1.29, 1.82) is 0 Å². The highest BCUT2D eigenvalue weighted by atomic mass is 19.1. The Morgan fingerprint density at radius 3 is 2.00 bits per heavy atom. The molecule has 7 heteroatoms. The standard InChI is InChI=1S/C22H28FNO5/c1-6-27-19-12-16(13-20(28-7-2)21(19)29-8-3)22(25)24(4)14-15-9-10-18(26-5)17(23)11-15/h9-13H,6-8,14H2,1-5H3. The Kier molecular flexibility index (Phi) is 8.12. The second kappa shape index (κ2) is 10.5. The van der Waals surface area contributed by atoms with E-state index in [-0.39, 0.29) is 18.2 Å². The van der Waals surface area contributed by atoms with Crippen molar-refractivity contribution in [2.45, 2.75) is 27.3 Å². The van der Waals surface area contributed by atoms with Gasteiger partial charge in [-0.15, -0.1) is 0 Å². The van der Waals surface area contributed by atoms with Crippen molar-refractivity contribution in [1.82, 2.24) is 4.90 Å². The van der Waals surface area contributed by atoms with Crippen molar-refractivity contribution >= 4 is 5.91 Å². The molecule has 0 N–H and O–H groups in total. The van der Waals surface area contributed by atoms with Crippen molar-refractivity contribution in [3.05, 3.63) is 47.3 Å². The first-order valence-electron chi connectivity index (χ1n) is 9.59. The number of benzene rings is 2. The predicted octanol–water partition coefficient (Wildman–Crippen LogP) is 4.30. The monoisotopic (exact) mass is 405 g/mol. The number of halogens is 1. The zero-order valence-electron chi connectivity index (χ0n) is 17.6. The molecule has 0 spiro atoms. The lowest BCUT2D eigenvalue weighted by Crippen LogP contribution is -2.26. The summed E-state index contributed by atoms with van der Waals surface area (Å²) in [5.74, 6) is 0.833. The number of ether oxygens (including phenoxy) is 4. The third-order valence-corrected chi connectivity index (χ3v) is 4.14. The van der Waals surface area contributed by atoms with Gasteiger partial charge >= 0.3 is 0 Å². The zero-order valence-corrected chi connectivity index (χ0v) is 17.6. The summed E-state index contributed by atoms with van der Waals surface area (Å²) >= 11 is 0. The van der Waals surface area contributed by atoms with Gasteiger partial charge in [0.15, 0.2) is 23.1 Å². The fourth-order valence-corrected chi connectivity index (χ4v) is 2.89. The molecule has 1 amide bonds. The maximum Gasteiger partial charge on any atom is 0.254 e. The SMILES string of the molecule is CCOc1cc(C(=O)N(C)Cc2ccc(OC)c(F)c2)cc(OCC)c1OCC. The quantitative estimate of drug-likeness (QED) is 0.590. The van der Waals surface area contributed by atoms with Crippen molar-refractivity contribution in [3.63, 3.8) is 0 Å². The van der Waals surface area contributed by atoms with Gasteiger partial charge in [-0.25, -0.2) is 4.39 Å². The van der Waals surface area contributed by atoms with Crippen LogP contribution in [0.1, 0.15) is 36.7 Å². The van der Waals surface area contributed by atoms with Gasteiger partial charge in [0.25, 0.3) is 5.91 Å². The van der Waals surface area contributed by atoms with Crippen molar-refractivity contribution < 1.29 is 28.1 Å². The van der Waals surface area contributed by atoms with Crippen LogP contribution in [0.4, 0.5) is 4.39 Å². The molecule has 0 fully saturated rings. The molecule has 0 unspecified atom stereocenters. The summed E-state index contributed by atoms with van der Waals surface area (Å²) in [6, 6.07) is 7.91. The molecule has 6 nitrogen and oxygen atoms in total. The Balaban J connectivity index is 2.31. The number of rotatable bonds is 10. The third kappa shape index (κ3) is 5.53. The number of hydrogen-bond donors (Lipinski definition) is 0. The molecule has 2 aromatic carbocycles. The summed E-state index contributed by atoms with van der Waals surface area (Å²) in [5.41, 5.74) is 1.05. The lowest BCUT2D eigenvalue weighted by Gasteiger charge is -2.20. The summed E-state index contributed by atoms with van der Waals surface area (Å²) < 4.78 is 35.9. The summed E-state index contributed by atoms with van der Waals surface area (Å²) in [6.07, 6.45) is 0. The average Bonchev–Trinajstić information content (AvgIpc) is 2.70. The fourth-order valence-electron chi connectivity index (χ4n) is 2.89. The van der Waals surface area contributed by atoms with Crippen molar-refractivity contribution in [2.24, 2.45) is 0 Å². The van der Waals surface area contributed by atoms with E-state index >= 15 is 0 Å². The van der Waals surface area contributed by atoms with E-state index in [4.69, 9.17) is 18.9 Å². The van der Waals surface area contributed by atoms with Gasteiger partial charge in [-0.1, -0.05) is 6.07 Å². The molecule has 0 radical (unpaired) electrons. The van der Waals surface area contributed by atoms with Gasteiger partial charge in [0.1, 0.15) is 0 Å². The van der Waals surface area contributed by atoms with Crippen molar-refractivity contribution in [2.75, 3.05) is 34.0 Å². The molecule has 0 aliphatic carbocycles. The van der Waals surface area contributed by atoms with E-state index in [0.29, 0.717) is 48.2 Å².